The molecule has 1 aliphatic heterocycles. The summed E-state index contributed by atoms with van der Waals surface area (Å²) in [5.74, 6) is -0.425. The number of carbonyl (C=O) groups is 1. The maximum Gasteiger partial charge on any atom is 0.311 e. The summed E-state index contributed by atoms with van der Waals surface area (Å²) < 4.78 is 5.77. The lowest BCUT2D eigenvalue weighted by molar-refractivity contribution is -0.145. The molecule has 1 saturated carbocycles. The van der Waals surface area contributed by atoms with Crippen molar-refractivity contribution in [2.24, 2.45) is 23.2 Å². The minimum atomic E-state index is -0.647. The molecule has 1 saturated heterocycles. The fourth-order valence-corrected chi connectivity index (χ4v) is 5.92. The van der Waals surface area contributed by atoms with E-state index in [9.17, 15) is 15.0 Å². The van der Waals surface area contributed by atoms with Gasteiger partial charge in [-0.05, 0) is 38.3 Å². The first-order valence-electron chi connectivity index (χ1n) is 11.3. The van der Waals surface area contributed by atoms with Crippen molar-refractivity contribution in [3.05, 3.63) is 47.5 Å². The molecule has 2 fully saturated rings. The smallest absolute Gasteiger partial charge is 0.311 e. The molecule has 1 aromatic carbocycles. The van der Waals surface area contributed by atoms with Gasteiger partial charge in [0.15, 0.2) is 0 Å². The van der Waals surface area contributed by atoms with E-state index in [1.807, 2.05) is 49.2 Å². The number of hydrogen-bond acceptors (Lipinski definition) is 5. The molecule has 0 bridgehead atoms. The third-order valence-corrected chi connectivity index (χ3v) is 8.35. The zero-order valence-corrected chi connectivity index (χ0v) is 18.5. The van der Waals surface area contributed by atoms with Gasteiger partial charge in [0, 0.05) is 30.3 Å². The van der Waals surface area contributed by atoms with Crippen molar-refractivity contribution in [1.82, 2.24) is 4.90 Å². The van der Waals surface area contributed by atoms with Gasteiger partial charge in [-0.15, -0.1) is 0 Å². The van der Waals surface area contributed by atoms with Gasteiger partial charge in [0.2, 0.25) is 0 Å². The van der Waals surface area contributed by atoms with E-state index in [2.05, 4.69) is 19.9 Å². The molecule has 4 rings (SSSR count). The summed E-state index contributed by atoms with van der Waals surface area (Å²) in [6.45, 7) is 6.81. The van der Waals surface area contributed by atoms with Crippen molar-refractivity contribution in [1.29, 1.82) is 0 Å². The predicted octanol–water partition coefficient (Wildman–Crippen LogP) is 3.33. The molecule has 1 aromatic rings. The Balaban J connectivity index is 1.52. The van der Waals surface area contributed by atoms with Crippen LogP contribution in [0.1, 0.15) is 51.7 Å². The summed E-state index contributed by atoms with van der Waals surface area (Å²) in [6.07, 6.45) is 3.59. The third-order valence-electron chi connectivity index (χ3n) is 8.35. The molecule has 8 atom stereocenters. The van der Waals surface area contributed by atoms with Gasteiger partial charge in [0.05, 0.1) is 18.1 Å². The van der Waals surface area contributed by atoms with Crippen molar-refractivity contribution in [3.8, 4) is 0 Å². The molecule has 0 radical (unpaired) electrons. The van der Waals surface area contributed by atoms with Crippen molar-refractivity contribution < 1.29 is 19.7 Å². The van der Waals surface area contributed by atoms with Crippen LogP contribution >= 0.6 is 0 Å². The number of likely N-dealkylation sites (N-methyl/N-ethyl adjacent to an activating group) is 1. The molecule has 164 valence electrons. The van der Waals surface area contributed by atoms with E-state index in [0.29, 0.717) is 12.5 Å². The van der Waals surface area contributed by atoms with Gasteiger partial charge in [-0.1, -0.05) is 55.8 Å². The normalized spacial score (nSPS) is 37.8. The zero-order chi connectivity index (χ0) is 21.6. The molecule has 5 nitrogen and oxygen atoms in total. The highest BCUT2D eigenvalue weighted by molar-refractivity contribution is 5.76. The lowest BCUT2D eigenvalue weighted by Gasteiger charge is -2.52. The SMILES string of the molecule is C[C@@H]1CCC=C2C[C@H]3OC(=O)[C@H](CN(C)[C@@H](C)[C@@H](O)c4ccccc4)[C@@H]3[C@@H](O)[C@@]21C. The second-order valence-corrected chi connectivity index (χ2v) is 9.83. The number of aliphatic hydroxyl groups is 2. The number of ether oxygens (including phenoxy) is 1. The van der Waals surface area contributed by atoms with Crippen molar-refractivity contribution in [2.45, 2.75) is 64.4 Å². The minimum absolute atomic E-state index is 0.167. The predicted molar refractivity (Wildman–Crippen MR) is 116 cm³/mol. The fraction of sp³-hybridized carbons (Fsp3) is 0.640. The highest BCUT2D eigenvalue weighted by Crippen LogP contribution is 2.56. The van der Waals surface area contributed by atoms with E-state index in [1.165, 1.54) is 5.57 Å². The van der Waals surface area contributed by atoms with Gasteiger partial charge < -0.3 is 14.9 Å². The first-order chi connectivity index (χ1) is 14.2. The van der Waals surface area contributed by atoms with Gasteiger partial charge in [-0.2, -0.15) is 0 Å². The summed E-state index contributed by atoms with van der Waals surface area (Å²) in [7, 11) is 1.93. The molecule has 30 heavy (non-hydrogen) atoms. The van der Waals surface area contributed by atoms with Crippen LogP contribution in [-0.4, -0.2) is 52.9 Å². The van der Waals surface area contributed by atoms with E-state index in [-0.39, 0.29) is 35.4 Å². The van der Waals surface area contributed by atoms with Crippen LogP contribution in [0.15, 0.2) is 42.0 Å². The van der Waals surface area contributed by atoms with Crippen LogP contribution in [0.2, 0.25) is 0 Å². The Kier molecular flexibility index (Phi) is 5.82. The topological polar surface area (TPSA) is 70.0 Å². The van der Waals surface area contributed by atoms with Gasteiger partial charge in [-0.3, -0.25) is 9.69 Å². The molecule has 0 amide bonds. The third kappa shape index (κ3) is 3.41. The van der Waals surface area contributed by atoms with E-state index < -0.39 is 12.2 Å². The maximum atomic E-state index is 12.8. The monoisotopic (exact) mass is 413 g/mol. The van der Waals surface area contributed by atoms with Crippen LogP contribution in [0.3, 0.4) is 0 Å². The molecule has 0 unspecified atom stereocenters. The molecular weight excluding hydrogens is 378 g/mol. The van der Waals surface area contributed by atoms with Crippen LogP contribution in [0.5, 0.6) is 0 Å². The fourth-order valence-electron chi connectivity index (χ4n) is 5.92. The lowest BCUT2D eigenvalue weighted by Crippen LogP contribution is -2.55. The zero-order valence-electron chi connectivity index (χ0n) is 18.5. The number of hydrogen-bond donors (Lipinski definition) is 2. The highest BCUT2D eigenvalue weighted by Gasteiger charge is 2.59. The first kappa shape index (κ1) is 21.5. The van der Waals surface area contributed by atoms with Crippen LogP contribution in [0.25, 0.3) is 0 Å². The van der Waals surface area contributed by atoms with E-state index in [0.717, 1.165) is 24.8 Å². The molecule has 5 heteroatoms. The molecule has 2 N–H and O–H groups in total. The number of rotatable bonds is 5. The summed E-state index contributed by atoms with van der Waals surface area (Å²) in [6, 6.07) is 9.43. The van der Waals surface area contributed by atoms with Gasteiger partial charge in [-0.25, -0.2) is 0 Å². The molecule has 2 aliphatic carbocycles. The van der Waals surface area contributed by atoms with Gasteiger partial charge in [0.25, 0.3) is 0 Å². The average molecular weight is 414 g/mol. The van der Waals surface area contributed by atoms with Crippen LogP contribution < -0.4 is 0 Å². The highest BCUT2D eigenvalue weighted by atomic mass is 16.6. The van der Waals surface area contributed by atoms with Crippen molar-refractivity contribution in [3.63, 3.8) is 0 Å². The van der Waals surface area contributed by atoms with E-state index >= 15 is 0 Å². The second-order valence-electron chi connectivity index (χ2n) is 9.83. The Morgan fingerprint density at radius 3 is 2.70 bits per heavy atom. The first-order valence-corrected chi connectivity index (χ1v) is 11.3. The molecular formula is C25H35NO4. The number of fused-ring (bicyclic) bond motifs is 2. The van der Waals surface area contributed by atoms with Crippen LogP contribution in [-0.2, 0) is 9.53 Å². The molecule has 0 spiro atoms. The quantitative estimate of drug-likeness (QED) is 0.572. The minimum Gasteiger partial charge on any atom is -0.461 e. The summed E-state index contributed by atoms with van der Waals surface area (Å²) in [5, 5.41) is 22.3. The number of allylic oxidation sites excluding steroid dienone is 1. The second kappa shape index (κ2) is 8.10. The van der Waals surface area contributed by atoms with Gasteiger partial charge >= 0.3 is 5.97 Å². The number of esters is 1. The van der Waals surface area contributed by atoms with E-state index in [1.54, 1.807) is 0 Å². The Hall–Kier alpha value is -1.69. The Labute approximate surface area is 179 Å². The van der Waals surface area contributed by atoms with Crippen molar-refractivity contribution >= 4 is 5.97 Å². The Morgan fingerprint density at radius 2 is 2.00 bits per heavy atom. The van der Waals surface area contributed by atoms with Crippen molar-refractivity contribution in [2.75, 3.05) is 13.6 Å². The number of benzene rings is 1. The summed E-state index contributed by atoms with van der Waals surface area (Å²) in [4.78, 5) is 14.9. The summed E-state index contributed by atoms with van der Waals surface area (Å²) in [5.41, 5.74) is 1.82. The number of nitrogens with zero attached hydrogens (tertiary/aromatic N) is 1. The summed E-state index contributed by atoms with van der Waals surface area (Å²) >= 11 is 0. The number of carbonyl (C=O) groups excluding carboxylic acids is 1. The lowest BCUT2D eigenvalue weighted by atomic mass is 9.55. The van der Waals surface area contributed by atoms with Crippen LogP contribution in [0, 0.1) is 23.2 Å². The number of aliphatic hydroxyl groups excluding tert-OH is 2. The molecule has 0 aromatic heterocycles. The van der Waals surface area contributed by atoms with Crippen LogP contribution in [0.4, 0.5) is 0 Å². The average Bonchev–Trinajstić information content (AvgIpc) is 3.05. The Morgan fingerprint density at radius 1 is 1.30 bits per heavy atom. The molecule has 1 heterocycles. The standard InChI is InChI=1S/C25H35NO4/c1-15-9-8-12-18-13-20-21(23(28)25(15,18)3)19(24(29)30-20)14-26(4)16(2)22(27)17-10-6-5-7-11-17/h5-7,10-12,15-16,19-23,27-28H,8-9,13-14H2,1-4H3/t15-,16+,19-,20-,21+,22-,23-,25-/m1/s1. The largest absolute Gasteiger partial charge is 0.461 e. The van der Waals surface area contributed by atoms with Gasteiger partial charge in [0.1, 0.15) is 6.10 Å². The van der Waals surface area contributed by atoms with E-state index in [4.69, 9.17) is 4.74 Å². The Bertz CT molecular complexity index is 809. The maximum absolute atomic E-state index is 12.8. The molecule has 3 aliphatic rings.